The van der Waals surface area contributed by atoms with Gasteiger partial charge in [0.2, 0.25) is 0 Å². The number of nitrogens with zero attached hydrogens (tertiary/aromatic N) is 2. The first kappa shape index (κ1) is 22.1. The first-order valence-corrected chi connectivity index (χ1v) is 12.4. The van der Waals surface area contributed by atoms with E-state index >= 15 is 0 Å². The molecule has 1 amide bonds. The number of aliphatic imine (C=N–C) groups is 1. The van der Waals surface area contributed by atoms with Gasteiger partial charge in [-0.1, -0.05) is 36.7 Å². The largest absolute Gasteiger partial charge is 0.352 e. The first-order valence-electron chi connectivity index (χ1n) is 11.6. The van der Waals surface area contributed by atoms with Gasteiger partial charge in [-0.2, -0.15) is 0 Å². The molecular formula is C26H33N3OS. The van der Waals surface area contributed by atoms with Crippen molar-refractivity contribution in [2.45, 2.75) is 68.7 Å². The molecule has 2 aromatic rings. The van der Waals surface area contributed by atoms with Crippen molar-refractivity contribution in [1.82, 2.24) is 10.2 Å². The molecule has 0 aromatic heterocycles. The van der Waals surface area contributed by atoms with Gasteiger partial charge in [0.15, 0.2) is 0 Å². The Morgan fingerprint density at radius 3 is 2.84 bits per heavy atom. The van der Waals surface area contributed by atoms with Crippen LogP contribution in [0.5, 0.6) is 0 Å². The molecule has 0 bridgehead atoms. The van der Waals surface area contributed by atoms with E-state index in [1.807, 2.05) is 18.2 Å². The van der Waals surface area contributed by atoms with E-state index in [2.05, 4.69) is 49.2 Å². The Bertz CT molecular complexity index is 985. The van der Waals surface area contributed by atoms with Crippen molar-refractivity contribution in [2.75, 3.05) is 19.6 Å². The number of carbonyl (C=O) groups is 1. The molecule has 0 radical (unpaired) electrons. The fourth-order valence-electron chi connectivity index (χ4n) is 4.46. The van der Waals surface area contributed by atoms with E-state index in [1.54, 1.807) is 11.8 Å². The average Bonchev–Trinajstić information content (AvgIpc) is 2.93. The van der Waals surface area contributed by atoms with Crippen LogP contribution in [0.3, 0.4) is 0 Å². The summed E-state index contributed by atoms with van der Waals surface area (Å²) < 4.78 is 0. The van der Waals surface area contributed by atoms with Crippen LogP contribution in [-0.2, 0) is 0 Å². The van der Waals surface area contributed by atoms with Crippen molar-refractivity contribution in [2.24, 2.45) is 4.99 Å². The fourth-order valence-corrected chi connectivity index (χ4v) is 5.47. The van der Waals surface area contributed by atoms with Crippen LogP contribution in [0.15, 0.2) is 51.2 Å². The quantitative estimate of drug-likeness (QED) is 0.567. The molecule has 0 saturated carbocycles. The van der Waals surface area contributed by atoms with E-state index in [0.717, 1.165) is 35.7 Å². The van der Waals surface area contributed by atoms with E-state index in [4.69, 9.17) is 4.99 Å². The van der Waals surface area contributed by atoms with Gasteiger partial charge in [0.25, 0.3) is 5.91 Å². The lowest BCUT2D eigenvalue weighted by Crippen LogP contribution is -2.39. The Labute approximate surface area is 190 Å². The molecule has 1 atom stereocenters. The van der Waals surface area contributed by atoms with Gasteiger partial charge in [-0.25, -0.2) is 0 Å². The smallest absolute Gasteiger partial charge is 0.251 e. The van der Waals surface area contributed by atoms with Gasteiger partial charge in [-0.05, 0) is 76.4 Å². The molecule has 1 fully saturated rings. The van der Waals surface area contributed by atoms with Gasteiger partial charge in [0.1, 0.15) is 0 Å². The normalized spacial score (nSPS) is 18.5. The lowest BCUT2D eigenvalue weighted by Gasteiger charge is -2.33. The Kier molecular flexibility index (Phi) is 7.13. The maximum atomic E-state index is 12.8. The van der Waals surface area contributed by atoms with Crippen LogP contribution in [0.1, 0.15) is 67.4 Å². The van der Waals surface area contributed by atoms with Crippen LogP contribution in [0.4, 0.5) is 5.69 Å². The molecule has 4 nitrogen and oxygen atoms in total. The predicted octanol–water partition coefficient (Wildman–Crippen LogP) is 5.98. The number of benzene rings is 2. The second-order valence-electron chi connectivity index (χ2n) is 8.69. The molecule has 164 valence electrons. The Balaban J connectivity index is 1.42. The van der Waals surface area contributed by atoms with Gasteiger partial charge in [0.05, 0.1) is 5.69 Å². The number of fused-ring (bicyclic) bond motifs is 2. The average molecular weight is 436 g/mol. The number of amides is 1. The summed E-state index contributed by atoms with van der Waals surface area (Å²) >= 11 is 1.74. The highest BCUT2D eigenvalue weighted by Gasteiger charge is 2.19. The highest BCUT2D eigenvalue weighted by molar-refractivity contribution is 7.99. The molecule has 2 aromatic carbocycles. The molecule has 1 saturated heterocycles. The van der Waals surface area contributed by atoms with Crippen LogP contribution in [0.25, 0.3) is 0 Å². The molecule has 2 aliphatic heterocycles. The molecule has 1 unspecified atom stereocenters. The summed E-state index contributed by atoms with van der Waals surface area (Å²) in [6.07, 6.45) is 5.79. The molecule has 0 spiro atoms. The van der Waals surface area contributed by atoms with Crippen molar-refractivity contribution < 1.29 is 4.79 Å². The molecule has 31 heavy (non-hydrogen) atoms. The van der Waals surface area contributed by atoms with E-state index in [-0.39, 0.29) is 5.91 Å². The maximum Gasteiger partial charge on any atom is 0.251 e. The molecule has 2 aliphatic rings. The predicted molar refractivity (Wildman–Crippen MR) is 130 cm³/mol. The van der Waals surface area contributed by atoms with Crippen molar-refractivity contribution in [3.05, 3.63) is 53.1 Å². The van der Waals surface area contributed by atoms with Gasteiger partial charge in [0, 0.05) is 45.8 Å². The number of aryl methyl sites for hydroxylation is 1. The molecule has 4 rings (SSSR count). The van der Waals surface area contributed by atoms with Gasteiger partial charge < -0.3 is 10.2 Å². The van der Waals surface area contributed by atoms with Crippen LogP contribution < -0.4 is 5.32 Å². The third kappa shape index (κ3) is 5.21. The van der Waals surface area contributed by atoms with Crippen LogP contribution in [0.2, 0.25) is 0 Å². The number of nitrogens with one attached hydrogen (secondary N) is 1. The Hall–Kier alpha value is -2.11. The highest BCUT2D eigenvalue weighted by Crippen LogP contribution is 2.41. The summed E-state index contributed by atoms with van der Waals surface area (Å²) in [5.74, 6) is -0.00894. The summed E-state index contributed by atoms with van der Waals surface area (Å²) in [4.78, 5) is 22.6. The van der Waals surface area contributed by atoms with E-state index in [1.165, 1.54) is 41.8 Å². The summed E-state index contributed by atoms with van der Waals surface area (Å²) in [6, 6.07) is 13.1. The summed E-state index contributed by atoms with van der Waals surface area (Å²) in [5, 5.41) is 3.10. The van der Waals surface area contributed by atoms with Crippen molar-refractivity contribution >= 4 is 29.1 Å². The first-order chi connectivity index (χ1) is 15.0. The fraction of sp³-hybridized carbons (Fsp3) is 0.462. The Morgan fingerprint density at radius 2 is 2.03 bits per heavy atom. The zero-order valence-electron chi connectivity index (χ0n) is 18.9. The van der Waals surface area contributed by atoms with E-state index < -0.39 is 0 Å². The molecular weight excluding hydrogens is 402 g/mol. The molecule has 1 N–H and O–H groups in total. The number of hydrogen-bond donors (Lipinski definition) is 1. The van der Waals surface area contributed by atoms with E-state index in [0.29, 0.717) is 18.2 Å². The minimum atomic E-state index is -0.00894. The number of rotatable bonds is 6. The van der Waals surface area contributed by atoms with Crippen LogP contribution in [0, 0.1) is 6.92 Å². The zero-order chi connectivity index (χ0) is 21.8. The van der Waals surface area contributed by atoms with Gasteiger partial charge in [-0.15, -0.1) is 0 Å². The van der Waals surface area contributed by atoms with Crippen molar-refractivity contribution in [3.63, 3.8) is 0 Å². The van der Waals surface area contributed by atoms with Gasteiger partial charge in [-0.3, -0.25) is 9.79 Å². The minimum absolute atomic E-state index is 0.00894. The topological polar surface area (TPSA) is 44.7 Å². The third-order valence-electron chi connectivity index (χ3n) is 6.33. The third-order valence-corrected chi connectivity index (χ3v) is 7.47. The Morgan fingerprint density at radius 1 is 1.19 bits per heavy atom. The zero-order valence-corrected chi connectivity index (χ0v) is 19.7. The summed E-state index contributed by atoms with van der Waals surface area (Å²) in [6.45, 7) is 9.53. The minimum Gasteiger partial charge on any atom is -0.352 e. The number of hydrogen-bond acceptors (Lipinski definition) is 4. The monoisotopic (exact) mass is 435 g/mol. The number of carbonyl (C=O) groups excluding carboxylic acids is 1. The lowest BCUT2D eigenvalue weighted by atomic mass is 10.0. The summed E-state index contributed by atoms with van der Waals surface area (Å²) in [5.41, 5.74) is 5.11. The SMILES string of the molecule is CCC1=Nc2cc(C(=O)NCCCN3CCCCC3C)ccc2Sc2ccc(C)cc21. The van der Waals surface area contributed by atoms with Crippen LogP contribution >= 0.6 is 11.8 Å². The van der Waals surface area contributed by atoms with Crippen LogP contribution in [-0.4, -0.2) is 42.2 Å². The lowest BCUT2D eigenvalue weighted by molar-refractivity contribution is 0.0949. The molecule has 0 aliphatic carbocycles. The van der Waals surface area contributed by atoms with E-state index in [9.17, 15) is 4.79 Å². The number of piperidine rings is 1. The highest BCUT2D eigenvalue weighted by atomic mass is 32.2. The second kappa shape index (κ2) is 10.0. The molecule has 5 heteroatoms. The maximum absolute atomic E-state index is 12.8. The van der Waals surface area contributed by atoms with Gasteiger partial charge >= 0.3 is 0 Å². The standard InChI is InChI=1S/C26H33N3OS/c1-4-22-21-16-18(2)9-11-24(21)31-25-12-10-20(17-23(25)28-22)26(30)27-13-7-15-29-14-6-5-8-19(29)3/h9-12,16-17,19H,4-8,13-15H2,1-3H3,(H,27,30). The molecule has 2 heterocycles. The van der Waals surface area contributed by atoms with Crippen molar-refractivity contribution in [1.29, 1.82) is 0 Å². The number of likely N-dealkylation sites (tertiary alicyclic amines) is 1. The summed E-state index contributed by atoms with van der Waals surface area (Å²) in [7, 11) is 0. The second-order valence-corrected chi connectivity index (χ2v) is 9.77. The van der Waals surface area contributed by atoms with Crippen molar-refractivity contribution in [3.8, 4) is 0 Å².